The lowest BCUT2D eigenvalue weighted by molar-refractivity contribution is -0.139. The normalized spacial score (nSPS) is 30.8. The lowest BCUT2D eigenvalue weighted by Crippen LogP contribution is -2.20. The zero-order valence-electron chi connectivity index (χ0n) is 9.39. The maximum Gasteiger partial charge on any atom is 0.335 e. The molecule has 5 heteroatoms. The van der Waals surface area contributed by atoms with Gasteiger partial charge in [-0.05, 0) is 6.66 Å². The van der Waals surface area contributed by atoms with Gasteiger partial charge in [0.15, 0.2) is 0 Å². The van der Waals surface area contributed by atoms with Crippen LogP contribution in [-0.2, 0) is 19.1 Å². The zero-order valence-corrected chi connectivity index (χ0v) is 10.3. The van der Waals surface area contributed by atoms with Gasteiger partial charge in [0.25, 0.3) is 0 Å². The van der Waals surface area contributed by atoms with Crippen molar-refractivity contribution in [1.29, 1.82) is 0 Å². The molecule has 0 radical (unpaired) electrons. The molecule has 2 heterocycles. The van der Waals surface area contributed by atoms with Crippen LogP contribution in [0.3, 0.4) is 0 Å². The fourth-order valence-corrected chi connectivity index (χ4v) is 4.65. The van der Waals surface area contributed by atoms with Gasteiger partial charge in [-0.3, -0.25) is 0 Å². The molecule has 2 atom stereocenters. The van der Waals surface area contributed by atoms with E-state index in [-0.39, 0.29) is 11.3 Å². The van der Waals surface area contributed by atoms with Crippen molar-refractivity contribution >= 4 is 19.9 Å². The van der Waals surface area contributed by atoms with Gasteiger partial charge < -0.3 is 9.47 Å². The predicted molar refractivity (Wildman–Crippen MR) is 60.6 cm³/mol. The molecule has 86 valence electrons. The first-order chi connectivity index (χ1) is 7.61. The van der Waals surface area contributed by atoms with Crippen LogP contribution in [0.25, 0.3) is 0 Å². The molecule has 0 aromatic heterocycles. The Labute approximate surface area is 95.0 Å². The summed E-state index contributed by atoms with van der Waals surface area (Å²) in [5.41, 5.74) is 1.11. The van der Waals surface area contributed by atoms with Gasteiger partial charge in [0.1, 0.15) is 0 Å². The summed E-state index contributed by atoms with van der Waals surface area (Å²) in [5, 5.41) is 0. The van der Waals surface area contributed by atoms with Crippen molar-refractivity contribution in [3.8, 4) is 0 Å². The lowest BCUT2D eigenvalue weighted by atomic mass is 9.97. The van der Waals surface area contributed by atoms with E-state index >= 15 is 0 Å². The molecular formula is C11H13O4P. The number of carbonyl (C=O) groups excluding carboxylic acids is 2. The smallest absolute Gasteiger partial charge is 0.335 e. The first-order valence-electron chi connectivity index (χ1n) is 4.92. The van der Waals surface area contributed by atoms with Crippen molar-refractivity contribution in [2.24, 2.45) is 0 Å². The minimum absolute atomic E-state index is 0.0570. The monoisotopic (exact) mass is 240 g/mol. The molecule has 2 aliphatic rings. The third-order valence-corrected chi connectivity index (χ3v) is 5.66. The summed E-state index contributed by atoms with van der Waals surface area (Å²) < 4.78 is 9.46. The van der Waals surface area contributed by atoms with Crippen molar-refractivity contribution in [3.63, 3.8) is 0 Å². The highest BCUT2D eigenvalue weighted by Crippen LogP contribution is 2.60. The van der Waals surface area contributed by atoms with E-state index in [1.807, 2.05) is 12.2 Å². The lowest BCUT2D eigenvalue weighted by Gasteiger charge is -2.11. The second-order valence-corrected chi connectivity index (χ2v) is 6.19. The van der Waals surface area contributed by atoms with Crippen molar-refractivity contribution in [2.75, 3.05) is 20.9 Å². The van der Waals surface area contributed by atoms with Crippen molar-refractivity contribution in [3.05, 3.63) is 23.3 Å². The Bertz CT molecular complexity index is 374. The number of allylic oxidation sites excluding steroid dienone is 2. The van der Waals surface area contributed by atoms with Gasteiger partial charge in [-0.1, -0.05) is 20.1 Å². The van der Waals surface area contributed by atoms with Crippen LogP contribution in [0.5, 0.6) is 0 Å². The van der Waals surface area contributed by atoms with Crippen LogP contribution < -0.4 is 0 Å². The molecule has 0 spiro atoms. The zero-order chi connectivity index (χ0) is 11.9. The van der Waals surface area contributed by atoms with E-state index in [1.54, 1.807) is 0 Å². The minimum atomic E-state index is -0.418. The van der Waals surface area contributed by atoms with Gasteiger partial charge in [0, 0.05) is 11.3 Å². The number of carbonyl (C=O) groups is 2. The van der Waals surface area contributed by atoms with E-state index in [9.17, 15) is 9.59 Å². The summed E-state index contributed by atoms with van der Waals surface area (Å²) in [6.45, 7) is 2.09. The van der Waals surface area contributed by atoms with Crippen LogP contribution in [0.4, 0.5) is 0 Å². The van der Waals surface area contributed by atoms with Crippen molar-refractivity contribution in [1.82, 2.24) is 0 Å². The summed E-state index contributed by atoms with van der Waals surface area (Å²) in [4.78, 5) is 23.3. The van der Waals surface area contributed by atoms with E-state index in [1.165, 1.54) is 14.2 Å². The molecular weight excluding hydrogens is 227 g/mol. The number of rotatable bonds is 2. The number of esters is 2. The fourth-order valence-electron chi connectivity index (χ4n) is 2.25. The molecule has 0 saturated heterocycles. The largest absolute Gasteiger partial charge is 0.466 e. The van der Waals surface area contributed by atoms with E-state index in [2.05, 4.69) is 6.66 Å². The third kappa shape index (κ3) is 1.40. The Morgan fingerprint density at radius 1 is 1.06 bits per heavy atom. The molecule has 2 unspecified atom stereocenters. The number of ether oxygens (including phenoxy) is 2. The molecule has 0 aromatic rings. The van der Waals surface area contributed by atoms with E-state index in [4.69, 9.17) is 9.47 Å². The molecule has 0 amide bonds. The Morgan fingerprint density at radius 2 is 1.44 bits per heavy atom. The van der Waals surface area contributed by atoms with Gasteiger partial charge in [-0.25, -0.2) is 9.59 Å². The van der Waals surface area contributed by atoms with Crippen LogP contribution >= 0.6 is 7.92 Å². The first kappa shape index (κ1) is 11.3. The van der Waals surface area contributed by atoms with Gasteiger partial charge in [0.05, 0.1) is 25.4 Å². The average molecular weight is 240 g/mol. The second-order valence-electron chi connectivity index (χ2n) is 3.75. The summed E-state index contributed by atoms with van der Waals surface area (Å²) in [7, 11) is 2.24. The third-order valence-electron chi connectivity index (χ3n) is 3.05. The topological polar surface area (TPSA) is 52.6 Å². The molecule has 16 heavy (non-hydrogen) atoms. The van der Waals surface area contributed by atoms with Crippen LogP contribution in [0.1, 0.15) is 0 Å². The molecule has 0 aromatic carbocycles. The van der Waals surface area contributed by atoms with Crippen molar-refractivity contribution < 1.29 is 19.1 Å². The number of methoxy groups -OCH3 is 2. The molecule has 0 saturated carbocycles. The standard InChI is InChI=1S/C11H13O4P/c1-14-10(12)8-6-4-5-7(16(6)3)9(8)11(13)15-2/h4-7H,1-3H3. The molecule has 0 N–H and O–H groups in total. The van der Waals surface area contributed by atoms with Crippen LogP contribution in [0.15, 0.2) is 23.3 Å². The molecule has 2 rings (SSSR count). The Balaban J connectivity index is 2.45. The SMILES string of the molecule is COC(=O)C1=C(C(=O)OC)C2C=CC1P2C. The quantitative estimate of drug-likeness (QED) is 0.411. The molecule has 0 fully saturated rings. The maximum absolute atomic E-state index is 11.7. The number of fused-ring (bicyclic) bond motifs is 2. The summed E-state index contributed by atoms with van der Waals surface area (Å²) >= 11 is 0. The highest BCUT2D eigenvalue weighted by atomic mass is 31.1. The number of hydrogen-bond donors (Lipinski definition) is 0. The van der Waals surface area contributed by atoms with E-state index < -0.39 is 19.9 Å². The minimum Gasteiger partial charge on any atom is -0.466 e. The second kappa shape index (κ2) is 4.02. The maximum atomic E-state index is 11.7. The highest BCUT2D eigenvalue weighted by Gasteiger charge is 2.47. The van der Waals surface area contributed by atoms with Gasteiger partial charge in [-0.15, -0.1) is 0 Å². The van der Waals surface area contributed by atoms with E-state index in [0.29, 0.717) is 11.1 Å². The average Bonchev–Trinajstić information content (AvgIpc) is 2.80. The summed E-state index contributed by atoms with van der Waals surface area (Å²) in [6, 6.07) is 0. The Morgan fingerprint density at radius 3 is 1.75 bits per heavy atom. The van der Waals surface area contributed by atoms with Crippen LogP contribution in [0.2, 0.25) is 0 Å². The Hall–Kier alpha value is -1.15. The van der Waals surface area contributed by atoms with Gasteiger partial charge >= 0.3 is 11.9 Å². The molecule has 4 nitrogen and oxygen atoms in total. The molecule has 2 aliphatic heterocycles. The highest BCUT2D eigenvalue weighted by molar-refractivity contribution is 7.60. The molecule has 2 bridgehead atoms. The van der Waals surface area contributed by atoms with E-state index in [0.717, 1.165) is 0 Å². The summed E-state index contributed by atoms with van der Waals surface area (Å²) in [5.74, 6) is -0.821. The van der Waals surface area contributed by atoms with Crippen LogP contribution in [0, 0.1) is 0 Å². The van der Waals surface area contributed by atoms with Gasteiger partial charge in [-0.2, -0.15) is 0 Å². The van der Waals surface area contributed by atoms with Crippen LogP contribution in [-0.4, -0.2) is 44.1 Å². The molecule has 0 aliphatic carbocycles. The predicted octanol–water partition coefficient (Wildman–Crippen LogP) is 1.06. The Kier molecular flexibility index (Phi) is 2.85. The van der Waals surface area contributed by atoms with Crippen molar-refractivity contribution in [2.45, 2.75) is 11.3 Å². The van der Waals surface area contributed by atoms with Gasteiger partial charge in [0.2, 0.25) is 0 Å². The first-order valence-corrected chi connectivity index (χ1v) is 6.85. The fraction of sp³-hybridized carbons (Fsp3) is 0.455. The summed E-state index contributed by atoms with van der Waals surface area (Å²) in [6.07, 6.45) is 3.99. The number of hydrogen-bond acceptors (Lipinski definition) is 4.